The Labute approximate surface area is 225 Å². The summed E-state index contributed by atoms with van der Waals surface area (Å²) in [5.41, 5.74) is 1.67. The second kappa shape index (κ2) is 10.2. The third kappa shape index (κ3) is 5.26. The van der Waals surface area contributed by atoms with E-state index in [9.17, 15) is 9.59 Å². The SMILES string of the molecule is Cn1c(-c2cnco2)cc2nc(N3CCC[C@@H](NC(=O)OC(C)(C)C)C3)n(Cc3ccccc3Cl)c2c1=O. The molecule has 1 fully saturated rings. The molecule has 1 N–H and O–H groups in total. The zero-order valence-corrected chi connectivity index (χ0v) is 22.7. The van der Waals surface area contributed by atoms with Crippen LogP contribution in [-0.4, -0.2) is 49.9 Å². The number of ether oxygens (including phenoxy) is 1. The normalized spacial score (nSPS) is 16.1. The largest absolute Gasteiger partial charge is 0.444 e. The summed E-state index contributed by atoms with van der Waals surface area (Å²) in [5, 5.41) is 3.60. The fourth-order valence-electron chi connectivity index (χ4n) is 4.80. The minimum absolute atomic E-state index is 0.125. The van der Waals surface area contributed by atoms with Crippen molar-refractivity contribution < 1.29 is 13.9 Å². The monoisotopic (exact) mass is 538 g/mol. The number of pyridine rings is 1. The molecule has 1 aliphatic rings. The molecular weight excluding hydrogens is 508 g/mol. The number of nitrogens with one attached hydrogen (secondary N) is 1. The quantitative estimate of drug-likeness (QED) is 0.396. The fourth-order valence-corrected chi connectivity index (χ4v) is 4.99. The maximum absolute atomic E-state index is 13.7. The summed E-state index contributed by atoms with van der Waals surface area (Å²) in [4.78, 5) is 37.2. The molecule has 1 aromatic carbocycles. The van der Waals surface area contributed by atoms with Gasteiger partial charge >= 0.3 is 6.09 Å². The molecule has 1 amide bonds. The van der Waals surface area contributed by atoms with Gasteiger partial charge in [-0.05, 0) is 51.3 Å². The van der Waals surface area contributed by atoms with Gasteiger partial charge in [0.1, 0.15) is 11.1 Å². The van der Waals surface area contributed by atoms with Crippen LogP contribution in [0.5, 0.6) is 0 Å². The molecule has 1 saturated heterocycles. The number of benzene rings is 1. The van der Waals surface area contributed by atoms with E-state index < -0.39 is 11.7 Å². The summed E-state index contributed by atoms with van der Waals surface area (Å²) in [5.74, 6) is 1.12. The Morgan fingerprint density at radius 1 is 1.29 bits per heavy atom. The van der Waals surface area contributed by atoms with E-state index in [2.05, 4.69) is 15.2 Å². The third-order valence-electron chi connectivity index (χ3n) is 6.51. The highest BCUT2D eigenvalue weighted by Gasteiger charge is 2.29. The Morgan fingerprint density at radius 2 is 2.08 bits per heavy atom. The van der Waals surface area contributed by atoms with Gasteiger partial charge in [0.15, 0.2) is 12.2 Å². The van der Waals surface area contributed by atoms with E-state index in [0.29, 0.717) is 46.5 Å². The van der Waals surface area contributed by atoms with E-state index in [4.69, 9.17) is 25.7 Å². The van der Waals surface area contributed by atoms with Crippen LogP contribution in [0.15, 0.2) is 52.1 Å². The Kier molecular flexibility index (Phi) is 6.92. The number of hydrogen-bond donors (Lipinski definition) is 1. The van der Waals surface area contributed by atoms with Gasteiger partial charge < -0.3 is 28.5 Å². The number of carbonyl (C=O) groups excluding carboxylic acids is 1. The van der Waals surface area contributed by atoms with Crippen molar-refractivity contribution in [2.45, 2.75) is 51.8 Å². The molecule has 38 heavy (non-hydrogen) atoms. The molecule has 3 aromatic heterocycles. The Bertz CT molecular complexity index is 1520. The van der Waals surface area contributed by atoms with E-state index in [1.165, 1.54) is 6.39 Å². The third-order valence-corrected chi connectivity index (χ3v) is 6.88. The highest BCUT2D eigenvalue weighted by molar-refractivity contribution is 6.31. The molecule has 0 unspecified atom stereocenters. The highest BCUT2D eigenvalue weighted by Crippen LogP contribution is 2.29. The second-order valence-corrected chi connectivity index (χ2v) is 10.9. The first-order valence-electron chi connectivity index (χ1n) is 12.6. The first-order valence-corrected chi connectivity index (χ1v) is 13.0. The average molecular weight is 539 g/mol. The summed E-state index contributed by atoms with van der Waals surface area (Å²) < 4.78 is 14.4. The standard InChI is InChI=1S/C27H31ClN6O4/c1-27(2,3)38-26(36)30-18-9-7-11-33(15-18)25-31-20-12-21(22-13-29-16-37-22)32(4)24(35)23(20)34(25)14-17-8-5-6-10-19(17)28/h5-6,8,10,12-13,16,18H,7,9,11,14-15H2,1-4H3,(H,30,36)/t18-/m1/s1. The molecule has 200 valence electrons. The van der Waals surface area contributed by atoms with Gasteiger partial charge in [0.2, 0.25) is 5.95 Å². The lowest BCUT2D eigenvalue weighted by Crippen LogP contribution is -2.49. The lowest BCUT2D eigenvalue weighted by Gasteiger charge is -2.34. The van der Waals surface area contributed by atoms with Crippen molar-refractivity contribution in [3.8, 4) is 11.5 Å². The van der Waals surface area contributed by atoms with Crippen LogP contribution in [0.4, 0.5) is 10.7 Å². The van der Waals surface area contributed by atoms with Gasteiger partial charge in [-0.1, -0.05) is 29.8 Å². The van der Waals surface area contributed by atoms with Crippen molar-refractivity contribution in [1.29, 1.82) is 0 Å². The van der Waals surface area contributed by atoms with E-state index in [0.717, 1.165) is 24.9 Å². The van der Waals surface area contributed by atoms with Gasteiger partial charge in [-0.25, -0.2) is 14.8 Å². The molecule has 0 radical (unpaired) electrons. The number of imidazole rings is 1. The van der Waals surface area contributed by atoms with Crippen molar-refractivity contribution in [1.82, 2.24) is 24.4 Å². The van der Waals surface area contributed by atoms with Gasteiger partial charge in [0.05, 0.1) is 24.0 Å². The van der Waals surface area contributed by atoms with Crippen molar-refractivity contribution in [2.24, 2.45) is 7.05 Å². The molecule has 0 saturated carbocycles. The molecule has 0 aliphatic carbocycles. The van der Waals surface area contributed by atoms with Crippen LogP contribution in [0.3, 0.4) is 0 Å². The number of oxazole rings is 1. The zero-order chi connectivity index (χ0) is 27.0. The van der Waals surface area contributed by atoms with Crippen LogP contribution in [0, 0.1) is 0 Å². The maximum atomic E-state index is 13.7. The molecule has 5 rings (SSSR count). The van der Waals surface area contributed by atoms with Crippen LogP contribution >= 0.6 is 11.6 Å². The Balaban J connectivity index is 1.56. The van der Waals surface area contributed by atoms with Gasteiger partial charge in [-0.3, -0.25) is 4.79 Å². The first-order chi connectivity index (χ1) is 18.1. The molecule has 0 spiro atoms. The number of carbonyl (C=O) groups is 1. The summed E-state index contributed by atoms with van der Waals surface area (Å²) in [7, 11) is 1.70. The number of halogens is 1. The number of amides is 1. The van der Waals surface area contributed by atoms with Crippen LogP contribution in [0.1, 0.15) is 39.2 Å². The predicted octanol–water partition coefficient (Wildman–Crippen LogP) is 4.59. The van der Waals surface area contributed by atoms with Gasteiger partial charge in [-0.2, -0.15) is 0 Å². The number of nitrogens with zero attached hydrogens (tertiary/aromatic N) is 5. The number of alkyl carbamates (subject to hydrolysis) is 1. The van der Waals surface area contributed by atoms with Crippen LogP contribution < -0.4 is 15.8 Å². The second-order valence-electron chi connectivity index (χ2n) is 10.5. The first kappa shape index (κ1) is 25.8. The topological polar surface area (TPSA) is 107 Å². The minimum Gasteiger partial charge on any atom is -0.444 e. The molecule has 10 nitrogen and oxygen atoms in total. The Morgan fingerprint density at radius 3 is 2.79 bits per heavy atom. The van der Waals surface area contributed by atoms with E-state index >= 15 is 0 Å². The van der Waals surface area contributed by atoms with E-state index in [1.807, 2.05) is 55.7 Å². The van der Waals surface area contributed by atoms with Crippen molar-refractivity contribution in [3.63, 3.8) is 0 Å². The fraction of sp³-hybridized carbons (Fsp3) is 0.407. The number of rotatable bonds is 5. The maximum Gasteiger partial charge on any atom is 0.407 e. The van der Waals surface area contributed by atoms with E-state index in [1.54, 1.807) is 17.8 Å². The molecule has 4 heterocycles. The van der Waals surface area contributed by atoms with Gasteiger partial charge in [0, 0.05) is 31.2 Å². The molecule has 4 aromatic rings. The van der Waals surface area contributed by atoms with Crippen LogP contribution in [-0.2, 0) is 18.3 Å². The number of anilines is 1. The summed E-state index contributed by atoms with van der Waals surface area (Å²) in [6, 6.07) is 9.27. The molecule has 1 atom stereocenters. The molecular formula is C27H31ClN6O4. The van der Waals surface area contributed by atoms with Crippen molar-refractivity contribution in [3.05, 3.63) is 63.9 Å². The Hall–Kier alpha value is -3.79. The number of piperidine rings is 1. The summed E-state index contributed by atoms with van der Waals surface area (Å²) in [6.07, 6.45) is 4.12. The lowest BCUT2D eigenvalue weighted by atomic mass is 10.1. The number of aromatic nitrogens is 4. The molecule has 11 heteroatoms. The smallest absolute Gasteiger partial charge is 0.407 e. The highest BCUT2D eigenvalue weighted by atomic mass is 35.5. The van der Waals surface area contributed by atoms with Crippen molar-refractivity contribution >= 4 is 34.7 Å². The zero-order valence-electron chi connectivity index (χ0n) is 21.9. The number of fused-ring (bicyclic) bond motifs is 1. The minimum atomic E-state index is -0.581. The van der Waals surface area contributed by atoms with Crippen LogP contribution in [0.2, 0.25) is 5.02 Å². The molecule has 1 aliphatic heterocycles. The predicted molar refractivity (Wildman–Crippen MR) is 146 cm³/mol. The lowest BCUT2D eigenvalue weighted by molar-refractivity contribution is 0.0499. The van der Waals surface area contributed by atoms with Crippen LogP contribution in [0.25, 0.3) is 22.5 Å². The number of hydrogen-bond acceptors (Lipinski definition) is 7. The van der Waals surface area contributed by atoms with Crippen molar-refractivity contribution in [2.75, 3.05) is 18.0 Å². The molecule has 0 bridgehead atoms. The van der Waals surface area contributed by atoms with Gasteiger partial charge in [-0.15, -0.1) is 0 Å². The average Bonchev–Trinajstić information content (AvgIpc) is 3.50. The summed E-state index contributed by atoms with van der Waals surface area (Å²) >= 11 is 6.52. The van der Waals surface area contributed by atoms with E-state index in [-0.39, 0.29) is 11.6 Å². The summed E-state index contributed by atoms with van der Waals surface area (Å²) in [6.45, 7) is 7.14. The van der Waals surface area contributed by atoms with Gasteiger partial charge in [0.25, 0.3) is 5.56 Å².